The van der Waals surface area contributed by atoms with Gasteiger partial charge in [-0.25, -0.2) is 0 Å². The Kier molecular flexibility index (Phi) is 5.45. The van der Waals surface area contributed by atoms with E-state index in [1.807, 2.05) is 32.9 Å². The van der Waals surface area contributed by atoms with Crippen molar-refractivity contribution in [2.75, 3.05) is 6.61 Å². The molecule has 0 spiro atoms. The van der Waals surface area contributed by atoms with Crippen LogP contribution in [0.15, 0.2) is 30.4 Å². The monoisotopic (exact) mass is 272 g/mol. The lowest BCUT2D eigenvalue weighted by atomic mass is 9.98. The van der Waals surface area contributed by atoms with Crippen LogP contribution < -0.4 is 4.74 Å². The maximum absolute atomic E-state index is 12.7. The summed E-state index contributed by atoms with van der Waals surface area (Å²) in [5, 5.41) is 0. The molecule has 106 valence electrons. The lowest BCUT2D eigenvalue weighted by molar-refractivity contribution is -0.137. The van der Waals surface area contributed by atoms with E-state index in [1.165, 1.54) is 12.1 Å². The second kappa shape index (κ2) is 6.64. The first-order valence-corrected chi connectivity index (χ1v) is 6.34. The van der Waals surface area contributed by atoms with Crippen molar-refractivity contribution in [3.8, 4) is 5.75 Å². The maximum Gasteiger partial charge on any atom is 0.416 e. The number of benzene rings is 1. The molecular weight excluding hydrogens is 253 g/mol. The molecule has 4 heteroatoms. The summed E-state index contributed by atoms with van der Waals surface area (Å²) in [5.74, 6) is 0.708. The van der Waals surface area contributed by atoms with Crippen molar-refractivity contribution in [1.29, 1.82) is 0 Å². The van der Waals surface area contributed by atoms with E-state index in [1.54, 1.807) is 0 Å². The number of allylic oxidation sites excluding steroid dienone is 2. The fraction of sp³-hybridized carbons (Fsp3) is 0.467. The molecule has 0 aliphatic carbocycles. The van der Waals surface area contributed by atoms with E-state index in [-0.39, 0.29) is 5.92 Å². The minimum atomic E-state index is -4.32. The first-order chi connectivity index (χ1) is 8.88. The third-order valence-electron chi connectivity index (χ3n) is 2.75. The summed E-state index contributed by atoms with van der Waals surface area (Å²) >= 11 is 0. The molecule has 1 rings (SSSR count). The molecule has 0 saturated heterocycles. The average molecular weight is 272 g/mol. The maximum atomic E-state index is 12.7. The van der Waals surface area contributed by atoms with Gasteiger partial charge in [0.1, 0.15) is 5.75 Å². The minimum absolute atomic E-state index is 0.174. The van der Waals surface area contributed by atoms with Crippen LogP contribution in [0.1, 0.15) is 31.9 Å². The summed E-state index contributed by atoms with van der Waals surface area (Å²) in [7, 11) is 0. The van der Waals surface area contributed by atoms with Crippen molar-refractivity contribution in [2.24, 2.45) is 5.92 Å². The van der Waals surface area contributed by atoms with Crippen LogP contribution in [0.25, 0.3) is 0 Å². The Morgan fingerprint density at radius 3 is 2.53 bits per heavy atom. The van der Waals surface area contributed by atoms with Gasteiger partial charge >= 0.3 is 6.18 Å². The van der Waals surface area contributed by atoms with Crippen molar-refractivity contribution in [2.45, 2.75) is 33.4 Å². The molecule has 1 unspecified atom stereocenters. The van der Waals surface area contributed by atoms with Crippen LogP contribution in [0.2, 0.25) is 0 Å². The Morgan fingerprint density at radius 1 is 1.32 bits per heavy atom. The second-order valence-corrected chi connectivity index (χ2v) is 4.46. The highest BCUT2D eigenvalue weighted by molar-refractivity contribution is 5.39. The average Bonchev–Trinajstić information content (AvgIpc) is 2.30. The van der Waals surface area contributed by atoms with Crippen molar-refractivity contribution in [1.82, 2.24) is 0 Å². The molecule has 1 aromatic rings. The van der Waals surface area contributed by atoms with Gasteiger partial charge in [-0.2, -0.15) is 13.2 Å². The zero-order valence-electron chi connectivity index (χ0n) is 11.4. The quantitative estimate of drug-likeness (QED) is 0.696. The summed E-state index contributed by atoms with van der Waals surface area (Å²) in [6, 6.07) is 3.66. The molecule has 0 radical (unpaired) electrons. The lowest BCUT2D eigenvalue weighted by Crippen LogP contribution is -2.08. The van der Waals surface area contributed by atoms with E-state index in [9.17, 15) is 13.2 Å². The molecule has 0 saturated carbocycles. The van der Waals surface area contributed by atoms with Crippen LogP contribution in [0.4, 0.5) is 13.2 Å². The van der Waals surface area contributed by atoms with E-state index >= 15 is 0 Å². The number of ether oxygens (including phenoxy) is 1. The van der Waals surface area contributed by atoms with Gasteiger partial charge in [-0.1, -0.05) is 19.1 Å². The first kappa shape index (κ1) is 15.6. The van der Waals surface area contributed by atoms with Crippen LogP contribution in [0.3, 0.4) is 0 Å². The number of halogens is 3. The predicted octanol–water partition coefficient (Wildman–Crippen LogP) is 4.86. The molecule has 0 fully saturated rings. The van der Waals surface area contributed by atoms with E-state index < -0.39 is 11.7 Å². The first-order valence-electron chi connectivity index (χ1n) is 6.34. The van der Waals surface area contributed by atoms with Crippen LogP contribution >= 0.6 is 0 Å². The molecule has 0 aliphatic heterocycles. The van der Waals surface area contributed by atoms with Gasteiger partial charge in [0.2, 0.25) is 0 Å². The molecule has 1 atom stereocenters. The van der Waals surface area contributed by atoms with Crippen molar-refractivity contribution >= 4 is 0 Å². The van der Waals surface area contributed by atoms with Gasteiger partial charge in [0.15, 0.2) is 0 Å². The molecule has 0 N–H and O–H groups in total. The third-order valence-corrected chi connectivity index (χ3v) is 2.75. The highest BCUT2D eigenvalue weighted by Gasteiger charge is 2.31. The normalized spacial score (nSPS) is 13.8. The predicted molar refractivity (Wildman–Crippen MR) is 70.3 cm³/mol. The molecule has 0 aliphatic rings. The molecule has 0 heterocycles. The van der Waals surface area contributed by atoms with Crippen LogP contribution in [-0.2, 0) is 12.6 Å². The summed E-state index contributed by atoms with van der Waals surface area (Å²) in [5.41, 5.74) is -0.0269. The van der Waals surface area contributed by atoms with E-state index in [2.05, 4.69) is 0 Å². The number of rotatable bonds is 5. The highest BCUT2D eigenvalue weighted by atomic mass is 19.4. The third kappa shape index (κ3) is 4.62. The van der Waals surface area contributed by atoms with Gasteiger partial charge in [0.05, 0.1) is 12.2 Å². The Morgan fingerprint density at radius 2 is 2.00 bits per heavy atom. The zero-order valence-corrected chi connectivity index (χ0v) is 11.4. The molecular formula is C15H19F3O. The standard InChI is InChI=1S/C15H19F3O/c1-4-6-11(3)9-12-10-13(15(16,17)18)7-8-14(12)19-5-2/h4,6-8,10-11H,5,9H2,1-3H3/b6-4-. The Balaban J connectivity index is 3.08. The van der Waals surface area contributed by atoms with E-state index in [4.69, 9.17) is 4.74 Å². The SMILES string of the molecule is C/C=C\C(C)Cc1cc(C(F)(F)F)ccc1OCC. The van der Waals surface area contributed by atoms with Gasteiger partial charge in [-0.3, -0.25) is 0 Å². The smallest absolute Gasteiger partial charge is 0.416 e. The molecule has 1 nitrogen and oxygen atoms in total. The number of hydrogen-bond acceptors (Lipinski definition) is 1. The van der Waals surface area contributed by atoms with Crippen molar-refractivity contribution in [3.63, 3.8) is 0 Å². The molecule has 0 bridgehead atoms. The van der Waals surface area contributed by atoms with E-state index in [0.717, 1.165) is 6.07 Å². The fourth-order valence-corrected chi connectivity index (χ4v) is 1.96. The summed E-state index contributed by atoms with van der Waals surface area (Å²) in [6.07, 6.45) is 0.0849. The molecule has 1 aromatic carbocycles. The van der Waals surface area contributed by atoms with Crippen LogP contribution in [0.5, 0.6) is 5.75 Å². The van der Waals surface area contributed by atoms with Gasteiger partial charge in [0, 0.05) is 0 Å². The molecule has 19 heavy (non-hydrogen) atoms. The fourth-order valence-electron chi connectivity index (χ4n) is 1.96. The van der Waals surface area contributed by atoms with Crippen molar-refractivity contribution in [3.05, 3.63) is 41.5 Å². The van der Waals surface area contributed by atoms with Gasteiger partial charge < -0.3 is 4.74 Å². The van der Waals surface area contributed by atoms with Gasteiger partial charge in [0.25, 0.3) is 0 Å². The molecule has 0 amide bonds. The van der Waals surface area contributed by atoms with E-state index in [0.29, 0.717) is 24.3 Å². The molecule has 0 aromatic heterocycles. The Labute approximate surface area is 112 Å². The Hall–Kier alpha value is -1.45. The summed E-state index contributed by atoms with van der Waals surface area (Å²) < 4.78 is 43.5. The summed E-state index contributed by atoms with van der Waals surface area (Å²) in [4.78, 5) is 0. The minimum Gasteiger partial charge on any atom is -0.494 e. The van der Waals surface area contributed by atoms with Crippen molar-refractivity contribution < 1.29 is 17.9 Å². The van der Waals surface area contributed by atoms with Crippen LogP contribution in [0, 0.1) is 5.92 Å². The second-order valence-electron chi connectivity index (χ2n) is 4.46. The topological polar surface area (TPSA) is 9.23 Å². The highest BCUT2D eigenvalue weighted by Crippen LogP contribution is 2.33. The van der Waals surface area contributed by atoms with Gasteiger partial charge in [-0.15, -0.1) is 0 Å². The van der Waals surface area contributed by atoms with Gasteiger partial charge in [-0.05, 0) is 49.9 Å². The summed E-state index contributed by atoms with van der Waals surface area (Å²) in [6.45, 7) is 6.12. The number of hydrogen-bond donors (Lipinski definition) is 0. The largest absolute Gasteiger partial charge is 0.494 e. The zero-order chi connectivity index (χ0) is 14.5. The van der Waals surface area contributed by atoms with Crippen LogP contribution in [-0.4, -0.2) is 6.61 Å². The number of alkyl halides is 3. The lowest BCUT2D eigenvalue weighted by Gasteiger charge is -2.15. The Bertz CT molecular complexity index is 436.